The number of halogens is 1. The third-order valence-corrected chi connectivity index (χ3v) is 12.7. The van der Waals surface area contributed by atoms with Crippen LogP contribution in [0, 0.1) is 29.1 Å². The number of nitrogens with zero attached hydrogens (tertiary/aromatic N) is 2. The van der Waals surface area contributed by atoms with Gasteiger partial charge >= 0.3 is 0 Å². The van der Waals surface area contributed by atoms with Gasteiger partial charge < -0.3 is 30.5 Å². The molecule has 1 heterocycles. The molecule has 1 saturated heterocycles. The van der Waals surface area contributed by atoms with Crippen molar-refractivity contribution >= 4 is 29.1 Å². The molecule has 0 aromatic heterocycles. The van der Waals surface area contributed by atoms with Crippen LogP contribution < -0.4 is 20.3 Å². The van der Waals surface area contributed by atoms with Gasteiger partial charge in [-0.05, 0) is 84.7 Å². The highest BCUT2D eigenvalue weighted by molar-refractivity contribution is 6.31. The van der Waals surface area contributed by atoms with Gasteiger partial charge in [0.25, 0.3) is 5.91 Å². The van der Waals surface area contributed by atoms with Crippen LogP contribution in [0.25, 0.3) is 11.1 Å². The highest BCUT2D eigenvalue weighted by atomic mass is 35.5. The third-order valence-electron chi connectivity index (χ3n) is 12.3. The Morgan fingerprint density at radius 1 is 1.09 bits per heavy atom. The molecule has 4 N–H and O–H groups in total. The van der Waals surface area contributed by atoms with E-state index in [1.807, 2.05) is 79.7 Å². The number of ether oxygens (including phenoxy) is 1. The lowest BCUT2D eigenvalue weighted by Gasteiger charge is -2.62. The molecule has 0 unspecified atom stereocenters. The first kappa shape index (κ1) is 39.0. The molecule has 4 aliphatic rings. The van der Waals surface area contributed by atoms with Gasteiger partial charge in [-0.1, -0.05) is 68.8 Å². The predicted molar refractivity (Wildman–Crippen MR) is 208 cm³/mol. The van der Waals surface area contributed by atoms with Gasteiger partial charge in [0.05, 0.1) is 26.4 Å². The van der Waals surface area contributed by atoms with Gasteiger partial charge in [0, 0.05) is 60.0 Å². The Kier molecular flexibility index (Phi) is 11.8. The van der Waals surface area contributed by atoms with Crippen molar-refractivity contribution in [1.82, 2.24) is 15.7 Å². The Morgan fingerprint density at radius 2 is 1.83 bits per heavy atom. The lowest BCUT2D eigenvalue weighted by Crippen LogP contribution is -2.62. The molecule has 4 fully saturated rings. The molecule has 3 aliphatic carbocycles. The minimum atomic E-state index is -0.903. The van der Waals surface area contributed by atoms with Crippen molar-refractivity contribution in [1.29, 1.82) is 0 Å². The maximum atomic E-state index is 14.2. The van der Waals surface area contributed by atoms with Crippen LogP contribution in [0.5, 0.6) is 5.75 Å². The van der Waals surface area contributed by atoms with Crippen molar-refractivity contribution in [3.63, 3.8) is 0 Å². The smallest absolute Gasteiger partial charge is 0.251 e. The third kappa shape index (κ3) is 7.80. The first-order chi connectivity index (χ1) is 25.2. The zero-order valence-electron chi connectivity index (χ0n) is 31.9. The number of aliphatic hydroxyl groups excluding tert-OH is 2. The highest BCUT2D eigenvalue weighted by Crippen LogP contribution is 2.61. The fourth-order valence-electron chi connectivity index (χ4n) is 9.10. The first-order valence-corrected chi connectivity index (χ1v) is 19.2. The SMILES string of the molecule is COc1c(CN2O[C@@H](CO)[C@@H]([C@H](C)O)[C@H]2C(=O)N[C@H]2C[C@@H]3C[C@@H]([C@@H]2C)C3(C)C)cccc1-c1cc(C(=O)NCCc2ccccc2Cl)cc(N(C)C)c1. The number of fused-ring (bicyclic) bond motifs is 2. The molecule has 53 heavy (non-hydrogen) atoms. The second-order valence-electron chi connectivity index (χ2n) is 16.0. The number of hydroxylamine groups is 2. The zero-order valence-corrected chi connectivity index (χ0v) is 32.7. The summed E-state index contributed by atoms with van der Waals surface area (Å²) in [6.07, 6.45) is 1.07. The maximum absolute atomic E-state index is 14.2. The molecule has 3 aromatic rings. The van der Waals surface area contributed by atoms with Crippen molar-refractivity contribution in [2.75, 3.05) is 39.3 Å². The maximum Gasteiger partial charge on any atom is 0.251 e. The van der Waals surface area contributed by atoms with Gasteiger partial charge in [-0.25, -0.2) is 0 Å². The summed E-state index contributed by atoms with van der Waals surface area (Å²) in [5, 5.41) is 29.9. The Hall–Kier alpha value is -3.67. The van der Waals surface area contributed by atoms with Crippen LogP contribution in [-0.2, 0) is 22.6 Å². The number of rotatable bonds is 13. The molecule has 3 aromatic carbocycles. The summed E-state index contributed by atoms with van der Waals surface area (Å²) >= 11 is 6.33. The van der Waals surface area contributed by atoms with E-state index in [0.717, 1.165) is 34.4 Å². The van der Waals surface area contributed by atoms with Gasteiger partial charge in [0.1, 0.15) is 17.9 Å². The van der Waals surface area contributed by atoms with E-state index < -0.39 is 24.2 Å². The van der Waals surface area contributed by atoms with E-state index in [0.29, 0.717) is 47.1 Å². The first-order valence-electron chi connectivity index (χ1n) is 18.8. The molecule has 11 heteroatoms. The van der Waals surface area contributed by atoms with Crippen LogP contribution in [0.2, 0.25) is 5.02 Å². The quantitative estimate of drug-likeness (QED) is 0.175. The summed E-state index contributed by atoms with van der Waals surface area (Å²) in [4.78, 5) is 35.9. The second kappa shape index (κ2) is 16.0. The predicted octanol–water partition coefficient (Wildman–Crippen LogP) is 5.71. The van der Waals surface area contributed by atoms with Crippen molar-refractivity contribution in [2.45, 2.75) is 77.8 Å². The zero-order chi connectivity index (χ0) is 38.2. The number of benzene rings is 3. The normalized spacial score (nSPS) is 26.7. The average Bonchev–Trinajstić information content (AvgIpc) is 3.51. The summed E-state index contributed by atoms with van der Waals surface area (Å²) in [7, 11) is 5.45. The fraction of sp³-hybridized carbons (Fsp3) is 0.524. The number of nitrogens with one attached hydrogen (secondary N) is 2. The Labute approximate surface area is 318 Å². The summed E-state index contributed by atoms with van der Waals surface area (Å²) in [5.74, 6) is 0.970. The fourth-order valence-corrected chi connectivity index (χ4v) is 9.33. The molecular weight excluding hydrogens is 692 g/mol. The molecule has 10 nitrogen and oxygen atoms in total. The molecular formula is C42H55ClN4O6. The summed E-state index contributed by atoms with van der Waals surface area (Å²) in [5.41, 5.74) is 4.89. The number of amides is 2. The summed E-state index contributed by atoms with van der Waals surface area (Å²) in [6, 6.07) is 18.3. The molecule has 3 saturated carbocycles. The van der Waals surface area contributed by atoms with E-state index in [2.05, 4.69) is 31.4 Å². The number of hydrogen-bond acceptors (Lipinski definition) is 8. The van der Waals surface area contributed by atoms with E-state index in [1.165, 1.54) is 6.42 Å². The van der Waals surface area contributed by atoms with Crippen molar-refractivity contribution in [3.8, 4) is 16.9 Å². The number of methoxy groups -OCH3 is 1. The van der Waals surface area contributed by atoms with E-state index in [9.17, 15) is 19.8 Å². The molecule has 2 amide bonds. The van der Waals surface area contributed by atoms with Gasteiger partial charge in [0.15, 0.2) is 0 Å². The molecule has 0 spiro atoms. The van der Waals surface area contributed by atoms with Crippen LogP contribution >= 0.6 is 11.6 Å². The number of hydrogen-bond donors (Lipinski definition) is 4. The molecule has 286 valence electrons. The summed E-state index contributed by atoms with van der Waals surface area (Å²) in [6.45, 7) is 8.79. The standard InChI is InChI=1S/C42H55ClN4O6/c1-24-33-20-30(42(33,3)4)21-35(24)45-41(51)38-37(25(2)49)36(23-48)53-47(38)22-27-12-10-13-32(39(27)52-7)28-17-29(19-31(18-28)46(5)6)40(50)44-16-15-26-11-8-9-14-34(26)43/h8-14,17-19,24-25,30,33,35-38,48-49H,15-16,20-23H2,1-7H3,(H,44,50)(H,45,51)/t24-,25-,30-,33-,35-,36-,37+,38-/m0/s1. The topological polar surface area (TPSA) is 124 Å². The van der Waals surface area contributed by atoms with Gasteiger partial charge in [-0.2, -0.15) is 5.06 Å². The number of carbonyl (C=O) groups excluding carboxylic acids is 2. The lowest BCUT2D eigenvalue weighted by atomic mass is 9.45. The van der Waals surface area contributed by atoms with Crippen molar-refractivity contribution < 1.29 is 29.4 Å². The molecule has 0 radical (unpaired) electrons. The summed E-state index contributed by atoms with van der Waals surface area (Å²) < 4.78 is 6.05. The average molecular weight is 747 g/mol. The Morgan fingerprint density at radius 3 is 2.47 bits per heavy atom. The van der Waals surface area contributed by atoms with E-state index >= 15 is 0 Å². The van der Waals surface area contributed by atoms with E-state index in [4.69, 9.17) is 21.2 Å². The van der Waals surface area contributed by atoms with Gasteiger partial charge in [-0.15, -0.1) is 0 Å². The Balaban J connectivity index is 1.26. The van der Waals surface area contributed by atoms with Crippen LogP contribution in [-0.4, -0.2) is 85.7 Å². The monoisotopic (exact) mass is 746 g/mol. The van der Waals surface area contributed by atoms with Crippen LogP contribution in [0.15, 0.2) is 60.7 Å². The molecule has 1 aliphatic heterocycles. The largest absolute Gasteiger partial charge is 0.496 e. The van der Waals surface area contributed by atoms with Crippen LogP contribution in [0.1, 0.15) is 62.0 Å². The number of para-hydroxylation sites is 1. The highest BCUT2D eigenvalue weighted by Gasteiger charge is 2.57. The van der Waals surface area contributed by atoms with E-state index in [-0.39, 0.29) is 36.4 Å². The second-order valence-corrected chi connectivity index (χ2v) is 16.4. The minimum absolute atomic E-state index is 0.0355. The van der Waals surface area contributed by atoms with E-state index in [1.54, 1.807) is 19.1 Å². The van der Waals surface area contributed by atoms with Crippen molar-refractivity contribution in [3.05, 3.63) is 82.4 Å². The lowest BCUT2D eigenvalue weighted by molar-refractivity contribution is -0.183. The number of carbonyl (C=O) groups is 2. The number of aliphatic hydroxyl groups is 2. The van der Waals surface area contributed by atoms with Gasteiger partial charge in [0.2, 0.25) is 5.91 Å². The van der Waals surface area contributed by atoms with Crippen molar-refractivity contribution in [2.24, 2.45) is 29.1 Å². The number of anilines is 1. The molecule has 2 bridgehead atoms. The molecule has 8 atom stereocenters. The van der Waals surface area contributed by atoms with Crippen LogP contribution in [0.3, 0.4) is 0 Å². The van der Waals surface area contributed by atoms with Gasteiger partial charge in [-0.3, -0.25) is 14.4 Å². The molecule has 7 rings (SSSR count). The Bertz CT molecular complexity index is 1800. The minimum Gasteiger partial charge on any atom is -0.496 e. The van der Waals surface area contributed by atoms with Crippen LogP contribution in [0.4, 0.5) is 5.69 Å².